The Labute approximate surface area is 174 Å². The molecule has 4 unspecified atom stereocenters. The number of ether oxygens (including phenoxy) is 3. The molecule has 1 saturated heterocycles. The molecule has 2 amide bonds. The quantitative estimate of drug-likeness (QED) is 0.843. The van der Waals surface area contributed by atoms with Crippen molar-refractivity contribution < 1.29 is 23.8 Å². The van der Waals surface area contributed by atoms with E-state index in [1.165, 1.54) is 0 Å². The Hall–Kier alpha value is -3.06. The van der Waals surface area contributed by atoms with Crippen molar-refractivity contribution >= 4 is 17.5 Å². The highest BCUT2D eigenvalue weighted by Crippen LogP contribution is 2.41. The van der Waals surface area contributed by atoms with Crippen LogP contribution in [0.4, 0.5) is 5.69 Å². The van der Waals surface area contributed by atoms with Gasteiger partial charge < -0.3 is 24.4 Å². The van der Waals surface area contributed by atoms with Gasteiger partial charge in [0.05, 0.1) is 12.6 Å². The topological polar surface area (TPSA) is 77.1 Å². The van der Waals surface area contributed by atoms with Crippen molar-refractivity contribution in [3.05, 3.63) is 54.1 Å². The van der Waals surface area contributed by atoms with Crippen molar-refractivity contribution in [2.75, 3.05) is 24.7 Å². The van der Waals surface area contributed by atoms with Gasteiger partial charge in [0.25, 0.3) is 5.91 Å². The molecule has 5 rings (SSSR count). The molecule has 7 nitrogen and oxygen atoms in total. The lowest BCUT2D eigenvalue weighted by molar-refractivity contribution is -0.132. The number of anilines is 1. The van der Waals surface area contributed by atoms with Gasteiger partial charge in [0.2, 0.25) is 12.0 Å². The fraction of sp³-hybridized carbons (Fsp3) is 0.391. The van der Waals surface area contributed by atoms with E-state index in [9.17, 15) is 9.59 Å². The maximum Gasteiger partial charge on any atom is 0.272 e. The Morgan fingerprint density at radius 3 is 2.63 bits per heavy atom. The summed E-state index contributed by atoms with van der Waals surface area (Å²) in [5.41, 5.74) is 2.00. The Balaban J connectivity index is 1.37. The summed E-state index contributed by atoms with van der Waals surface area (Å²) < 4.78 is 17.4. The molecule has 1 fully saturated rings. The number of benzene rings is 2. The third-order valence-electron chi connectivity index (χ3n) is 5.91. The van der Waals surface area contributed by atoms with Gasteiger partial charge in [0.1, 0.15) is 12.7 Å². The minimum atomic E-state index is -0.718. The van der Waals surface area contributed by atoms with Gasteiger partial charge in [-0.1, -0.05) is 30.3 Å². The van der Waals surface area contributed by atoms with Crippen LogP contribution in [0.25, 0.3) is 0 Å². The number of para-hydroxylation sites is 3. The molecule has 0 saturated carbocycles. The fourth-order valence-corrected chi connectivity index (χ4v) is 4.53. The maximum absolute atomic E-state index is 13.5. The summed E-state index contributed by atoms with van der Waals surface area (Å²) in [6, 6.07) is 15.3. The normalized spacial score (nSPS) is 27.4. The first kappa shape index (κ1) is 18.9. The third kappa shape index (κ3) is 3.39. The Kier molecular flexibility index (Phi) is 4.83. The van der Waals surface area contributed by atoms with Crippen molar-refractivity contribution in [3.63, 3.8) is 0 Å². The van der Waals surface area contributed by atoms with E-state index in [1.807, 2.05) is 49.4 Å². The average Bonchev–Trinajstić information content (AvgIpc) is 3.11. The number of morpholine rings is 1. The second kappa shape index (κ2) is 7.65. The van der Waals surface area contributed by atoms with E-state index in [1.54, 1.807) is 4.90 Å². The highest BCUT2D eigenvalue weighted by atomic mass is 16.6. The fourth-order valence-electron chi connectivity index (χ4n) is 4.53. The molecule has 0 aromatic heterocycles. The number of carbonyl (C=O) groups excluding carboxylic acids is 2. The minimum absolute atomic E-state index is 0.0561. The van der Waals surface area contributed by atoms with Crippen LogP contribution in [0.1, 0.15) is 24.8 Å². The molecule has 0 radical (unpaired) electrons. The number of nitrogens with zero attached hydrogens (tertiary/aromatic N) is 1. The van der Waals surface area contributed by atoms with Gasteiger partial charge in [-0.05, 0) is 37.1 Å². The summed E-state index contributed by atoms with van der Waals surface area (Å²) in [5.74, 6) is 1.15. The highest BCUT2D eigenvalue weighted by molar-refractivity contribution is 5.99. The lowest BCUT2D eigenvalue weighted by Gasteiger charge is -2.33. The van der Waals surface area contributed by atoms with E-state index in [0.29, 0.717) is 31.1 Å². The number of fused-ring (bicyclic) bond motifs is 2. The lowest BCUT2D eigenvalue weighted by Crippen LogP contribution is -2.51. The van der Waals surface area contributed by atoms with Crippen LogP contribution in [-0.4, -0.2) is 49.8 Å². The maximum atomic E-state index is 13.5. The molecule has 30 heavy (non-hydrogen) atoms. The molecule has 2 aromatic carbocycles. The van der Waals surface area contributed by atoms with Crippen LogP contribution in [-0.2, 0) is 14.3 Å². The summed E-state index contributed by atoms with van der Waals surface area (Å²) >= 11 is 0. The molecule has 156 valence electrons. The summed E-state index contributed by atoms with van der Waals surface area (Å²) in [4.78, 5) is 27.0. The first-order valence-corrected chi connectivity index (χ1v) is 10.3. The number of nitrogens with one attached hydrogen (secondary N) is 1. The molecule has 0 bridgehead atoms. The molecule has 2 aromatic rings. The van der Waals surface area contributed by atoms with Crippen LogP contribution >= 0.6 is 0 Å². The van der Waals surface area contributed by atoms with E-state index in [2.05, 4.69) is 11.4 Å². The van der Waals surface area contributed by atoms with E-state index in [-0.39, 0.29) is 30.4 Å². The second-order valence-corrected chi connectivity index (χ2v) is 8.03. The zero-order valence-corrected chi connectivity index (χ0v) is 16.7. The number of amides is 2. The van der Waals surface area contributed by atoms with Crippen LogP contribution in [0.2, 0.25) is 0 Å². The third-order valence-corrected chi connectivity index (χ3v) is 5.91. The molecule has 7 heteroatoms. The Morgan fingerprint density at radius 1 is 1.10 bits per heavy atom. The number of hydrogen-bond donors (Lipinski definition) is 1. The first-order valence-electron chi connectivity index (χ1n) is 10.3. The monoisotopic (exact) mass is 408 g/mol. The van der Waals surface area contributed by atoms with Crippen LogP contribution in [0.3, 0.4) is 0 Å². The van der Waals surface area contributed by atoms with E-state index >= 15 is 0 Å². The zero-order valence-electron chi connectivity index (χ0n) is 16.7. The summed E-state index contributed by atoms with van der Waals surface area (Å²) in [7, 11) is 0. The van der Waals surface area contributed by atoms with Crippen molar-refractivity contribution in [1.82, 2.24) is 5.32 Å². The SMILES string of the molecule is CC1Oc2ccccc2OC1C(=O)N1CC(CC2COCC(=O)N2)c2ccccc21. The van der Waals surface area contributed by atoms with Crippen LogP contribution < -0.4 is 19.7 Å². The molecule has 0 aliphatic carbocycles. The molecule has 1 N–H and O–H groups in total. The van der Waals surface area contributed by atoms with E-state index < -0.39 is 12.2 Å². The zero-order chi connectivity index (χ0) is 20.7. The molecule has 3 aliphatic rings. The van der Waals surface area contributed by atoms with Gasteiger partial charge >= 0.3 is 0 Å². The number of rotatable bonds is 3. The van der Waals surface area contributed by atoms with Crippen molar-refractivity contribution in [3.8, 4) is 11.5 Å². The second-order valence-electron chi connectivity index (χ2n) is 8.03. The molecule has 4 atom stereocenters. The Bertz CT molecular complexity index is 978. The van der Waals surface area contributed by atoms with Gasteiger partial charge in [0, 0.05) is 18.2 Å². The first-order chi connectivity index (χ1) is 14.6. The molecule has 3 heterocycles. The summed E-state index contributed by atoms with van der Waals surface area (Å²) in [6.45, 7) is 3.00. The van der Waals surface area contributed by atoms with E-state index in [4.69, 9.17) is 14.2 Å². The predicted molar refractivity (Wildman–Crippen MR) is 110 cm³/mol. The van der Waals surface area contributed by atoms with Gasteiger partial charge in [0.15, 0.2) is 11.5 Å². The van der Waals surface area contributed by atoms with Gasteiger partial charge in [-0.25, -0.2) is 0 Å². The largest absolute Gasteiger partial charge is 0.482 e. The van der Waals surface area contributed by atoms with Crippen LogP contribution in [0.15, 0.2) is 48.5 Å². The van der Waals surface area contributed by atoms with Crippen LogP contribution in [0.5, 0.6) is 11.5 Å². The van der Waals surface area contributed by atoms with Crippen molar-refractivity contribution in [2.24, 2.45) is 0 Å². The highest BCUT2D eigenvalue weighted by Gasteiger charge is 2.42. The van der Waals surface area contributed by atoms with Crippen LogP contribution in [0, 0.1) is 0 Å². The smallest absolute Gasteiger partial charge is 0.272 e. The predicted octanol–water partition coefficient (Wildman–Crippen LogP) is 2.25. The van der Waals surface area contributed by atoms with Crippen molar-refractivity contribution in [1.29, 1.82) is 0 Å². The van der Waals surface area contributed by atoms with Gasteiger partial charge in [-0.15, -0.1) is 0 Å². The molecular formula is C23H24N2O5. The lowest BCUT2D eigenvalue weighted by atomic mass is 9.94. The van der Waals surface area contributed by atoms with Gasteiger partial charge in [-0.3, -0.25) is 9.59 Å². The average molecular weight is 408 g/mol. The molecule has 3 aliphatic heterocycles. The Morgan fingerprint density at radius 2 is 1.83 bits per heavy atom. The molecule has 0 spiro atoms. The minimum Gasteiger partial charge on any atom is -0.482 e. The van der Waals surface area contributed by atoms with E-state index in [0.717, 1.165) is 11.3 Å². The van der Waals surface area contributed by atoms with Gasteiger partial charge in [-0.2, -0.15) is 0 Å². The summed E-state index contributed by atoms with van der Waals surface area (Å²) in [5, 5.41) is 2.99. The molecular weight excluding hydrogens is 384 g/mol. The van der Waals surface area contributed by atoms with Crippen molar-refractivity contribution in [2.45, 2.75) is 37.5 Å². The number of carbonyl (C=O) groups is 2. The standard InChI is InChI=1S/C23H24N2O5/c1-14-22(30-20-9-5-4-8-19(20)29-14)23(27)25-11-15(17-6-2-3-7-18(17)25)10-16-12-28-13-21(26)24-16/h2-9,14-16,22H,10-13H2,1H3,(H,24,26). The number of hydrogen-bond acceptors (Lipinski definition) is 5. The summed E-state index contributed by atoms with van der Waals surface area (Å²) in [6.07, 6.45) is -0.401.